The van der Waals surface area contributed by atoms with Crippen molar-refractivity contribution in [3.63, 3.8) is 0 Å². The minimum atomic E-state index is -4.86. The SMILES string of the molecule is O=C(NCCN1c2ccccc2N(C2CC2)S1(=O)=O)c1cccc(OC(F)(F)F)c1. The lowest BCUT2D eigenvalue weighted by Crippen LogP contribution is -2.42. The maximum atomic E-state index is 13.0. The zero-order valence-electron chi connectivity index (χ0n) is 15.6. The summed E-state index contributed by atoms with van der Waals surface area (Å²) in [5, 5.41) is 2.54. The molecule has 1 heterocycles. The summed E-state index contributed by atoms with van der Waals surface area (Å²) < 4.78 is 69.5. The summed E-state index contributed by atoms with van der Waals surface area (Å²) in [5.41, 5.74) is 1.13. The van der Waals surface area contributed by atoms with Gasteiger partial charge in [0.25, 0.3) is 5.91 Å². The number of fused-ring (bicyclic) bond motifs is 1. The molecule has 0 radical (unpaired) electrons. The molecule has 2 aliphatic rings. The van der Waals surface area contributed by atoms with Gasteiger partial charge in [0.2, 0.25) is 0 Å². The van der Waals surface area contributed by atoms with Crippen LogP contribution in [0.3, 0.4) is 0 Å². The number of amides is 1. The van der Waals surface area contributed by atoms with E-state index in [-0.39, 0.29) is 24.7 Å². The van der Waals surface area contributed by atoms with Crippen LogP contribution in [0.5, 0.6) is 5.75 Å². The number of ether oxygens (including phenoxy) is 1. The number of hydrogen-bond acceptors (Lipinski definition) is 4. The van der Waals surface area contributed by atoms with Crippen molar-refractivity contribution in [3.05, 3.63) is 54.1 Å². The van der Waals surface area contributed by atoms with Gasteiger partial charge in [0, 0.05) is 18.2 Å². The number of alkyl halides is 3. The van der Waals surface area contributed by atoms with Crippen LogP contribution in [0.1, 0.15) is 23.2 Å². The molecule has 11 heteroatoms. The minimum Gasteiger partial charge on any atom is -0.406 e. The first-order chi connectivity index (χ1) is 14.2. The average molecular weight is 441 g/mol. The monoisotopic (exact) mass is 441 g/mol. The second-order valence-electron chi connectivity index (χ2n) is 6.93. The van der Waals surface area contributed by atoms with Gasteiger partial charge in [0.1, 0.15) is 5.75 Å². The van der Waals surface area contributed by atoms with Gasteiger partial charge in [-0.25, -0.2) is 8.61 Å². The van der Waals surface area contributed by atoms with Gasteiger partial charge in [-0.15, -0.1) is 13.2 Å². The standard InChI is InChI=1S/C19H18F3N3O4S/c20-19(21,22)29-15-5-3-4-13(12-15)18(26)23-10-11-24-16-6-1-2-7-17(16)25(14-8-9-14)30(24,27)28/h1-7,12,14H,8-11H2,(H,23,26). The maximum Gasteiger partial charge on any atom is 0.573 e. The van der Waals surface area contributed by atoms with Crippen LogP contribution in [-0.4, -0.2) is 39.8 Å². The van der Waals surface area contributed by atoms with E-state index in [1.54, 1.807) is 24.3 Å². The average Bonchev–Trinajstić information content (AvgIpc) is 3.46. The zero-order valence-corrected chi connectivity index (χ0v) is 16.4. The van der Waals surface area contributed by atoms with Crippen LogP contribution in [-0.2, 0) is 10.2 Å². The second kappa shape index (κ2) is 7.38. The number of anilines is 2. The smallest absolute Gasteiger partial charge is 0.406 e. The summed E-state index contributed by atoms with van der Waals surface area (Å²) in [7, 11) is -3.74. The summed E-state index contributed by atoms with van der Waals surface area (Å²) in [6, 6.07) is 11.6. The molecule has 0 unspecified atom stereocenters. The van der Waals surface area contributed by atoms with E-state index in [0.29, 0.717) is 11.4 Å². The fourth-order valence-electron chi connectivity index (χ4n) is 3.35. The molecule has 160 valence electrons. The normalized spacial score (nSPS) is 17.6. The third-order valence-electron chi connectivity index (χ3n) is 4.72. The first-order valence-corrected chi connectivity index (χ1v) is 10.6. The van der Waals surface area contributed by atoms with Crippen LogP contribution in [0.2, 0.25) is 0 Å². The highest BCUT2D eigenvalue weighted by Gasteiger charge is 2.47. The highest BCUT2D eigenvalue weighted by atomic mass is 32.2. The van der Waals surface area contributed by atoms with Crippen LogP contribution < -0.4 is 18.7 Å². The molecular weight excluding hydrogens is 423 g/mol. The predicted octanol–water partition coefficient (Wildman–Crippen LogP) is 3.05. The molecule has 1 aliphatic carbocycles. The third-order valence-corrected chi connectivity index (χ3v) is 6.65. The lowest BCUT2D eigenvalue weighted by molar-refractivity contribution is -0.274. The number of nitrogens with one attached hydrogen (secondary N) is 1. The van der Waals surface area contributed by atoms with Crippen molar-refractivity contribution in [2.75, 3.05) is 21.7 Å². The molecule has 2 aromatic carbocycles. The molecule has 1 amide bonds. The lowest BCUT2D eigenvalue weighted by atomic mass is 10.2. The number of nitrogens with zero attached hydrogens (tertiary/aromatic N) is 2. The fraction of sp³-hybridized carbons (Fsp3) is 0.316. The van der Waals surface area contributed by atoms with Crippen molar-refractivity contribution >= 4 is 27.5 Å². The number of carbonyl (C=O) groups is 1. The molecule has 0 spiro atoms. The molecular formula is C19H18F3N3O4S. The van der Waals surface area contributed by atoms with Gasteiger partial charge in [-0.3, -0.25) is 4.79 Å². The summed E-state index contributed by atoms with van der Waals surface area (Å²) in [6.07, 6.45) is -3.26. The second-order valence-corrected chi connectivity index (χ2v) is 8.66. The fourth-order valence-corrected chi connectivity index (χ4v) is 5.28. The van der Waals surface area contributed by atoms with Crippen LogP contribution in [0.25, 0.3) is 0 Å². The van der Waals surface area contributed by atoms with E-state index in [1.807, 2.05) is 0 Å². The van der Waals surface area contributed by atoms with Crippen LogP contribution in [0, 0.1) is 0 Å². The van der Waals surface area contributed by atoms with Gasteiger partial charge >= 0.3 is 16.6 Å². The minimum absolute atomic E-state index is 0.00690. The molecule has 1 aliphatic heterocycles. The number of benzene rings is 2. The topological polar surface area (TPSA) is 79.0 Å². The van der Waals surface area contributed by atoms with Crippen molar-refractivity contribution < 1.29 is 31.1 Å². The van der Waals surface area contributed by atoms with Gasteiger partial charge < -0.3 is 10.1 Å². The summed E-state index contributed by atoms with van der Waals surface area (Å²) >= 11 is 0. The lowest BCUT2D eigenvalue weighted by Gasteiger charge is -2.21. The van der Waals surface area contributed by atoms with Gasteiger partial charge in [-0.2, -0.15) is 8.42 Å². The zero-order chi connectivity index (χ0) is 21.5. The molecule has 7 nitrogen and oxygen atoms in total. The molecule has 1 saturated carbocycles. The van der Waals surface area contributed by atoms with Crippen molar-refractivity contribution in [2.45, 2.75) is 25.2 Å². The Morgan fingerprint density at radius 1 is 1.10 bits per heavy atom. The number of rotatable bonds is 6. The molecule has 0 aromatic heterocycles. The first kappa shape index (κ1) is 20.3. The highest BCUT2D eigenvalue weighted by molar-refractivity contribution is 7.94. The Hall–Kier alpha value is -2.95. The van der Waals surface area contributed by atoms with Crippen molar-refractivity contribution in [1.29, 1.82) is 0 Å². The molecule has 30 heavy (non-hydrogen) atoms. The molecule has 1 N–H and O–H groups in total. The van der Waals surface area contributed by atoms with Crippen molar-refractivity contribution in [3.8, 4) is 5.75 Å². The van der Waals surface area contributed by atoms with Gasteiger partial charge in [0.15, 0.2) is 0 Å². The van der Waals surface area contributed by atoms with Crippen LogP contribution in [0.15, 0.2) is 48.5 Å². The number of hydrogen-bond donors (Lipinski definition) is 1. The number of carbonyl (C=O) groups excluding carboxylic acids is 1. The quantitative estimate of drug-likeness (QED) is 0.748. The highest BCUT2D eigenvalue weighted by Crippen LogP contribution is 2.46. The van der Waals surface area contributed by atoms with Crippen molar-refractivity contribution in [1.82, 2.24) is 5.32 Å². The van der Waals surface area contributed by atoms with E-state index in [9.17, 15) is 26.4 Å². The van der Waals surface area contributed by atoms with Crippen molar-refractivity contribution in [2.24, 2.45) is 0 Å². The maximum absolute atomic E-state index is 13.0. The van der Waals surface area contributed by atoms with Gasteiger partial charge in [-0.05, 0) is 43.2 Å². The van der Waals surface area contributed by atoms with Gasteiger partial charge in [-0.1, -0.05) is 18.2 Å². The molecule has 1 fully saturated rings. The third kappa shape index (κ3) is 4.02. The molecule has 0 atom stereocenters. The van der Waals surface area contributed by atoms with E-state index >= 15 is 0 Å². The van der Waals surface area contributed by atoms with Gasteiger partial charge in [0.05, 0.1) is 17.9 Å². The Kier molecular flexibility index (Phi) is 5.00. The Balaban J connectivity index is 1.43. The van der Waals surface area contributed by atoms with E-state index < -0.39 is 28.2 Å². The predicted molar refractivity (Wildman–Crippen MR) is 104 cm³/mol. The largest absolute Gasteiger partial charge is 0.573 e. The summed E-state index contributed by atoms with van der Waals surface area (Å²) in [6.45, 7) is -0.0255. The molecule has 0 bridgehead atoms. The molecule has 2 aromatic rings. The Morgan fingerprint density at radius 3 is 2.47 bits per heavy atom. The number of para-hydroxylation sites is 2. The summed E-state index contributed by atoms with van der Waals surface area (Å²) in [5.74, 6) is -1.14. The van der Waals surface area contributed by atoms with E-state index in [4.69, 9.17) is 0 Å². The molecule has 0 saturated heterocycles. The number of halogens is 3. The first-order valence-electron chi connectivity index (χ1n) is 9.22. The summed E-state index contributed by atoms with van der Waals surface area (Å²) in [4.78, 5) is 12.3. The van der Waals surface area contributed by atoms with E-state index in [1.165, 1.54) is 20.7 Å². The Morgan fingerprint density at radius 2 is 1.80 bits per heavy atom. The van der Waals surface area contributed by atoms with Crippen LogP contribution >= 0.6 is 0 Å². The Labute approximate surface area is 171 Å². The van der Waals surface area contributed by atoms with E-state index in [0.717, 1.165) is 25.0 Å². The molecule has 4 rings (SSSR count). The Bertz CT molecular complexity index is 1070. The van der Waals surface area contributed by atoms with E-state index in [2.05, 4.69) is 10.1 Å². The van der Waals surface area contributed by atoms with Crippen LogP contribution in [0.4, 0.5) is 24.5 Å².